The Morgan fingerprint density at radius 1 is 0.848 bits per heavy atom. The summed E-state index contributed by atoms with van der Waals surface area (Å²) in [5.74, 6) is -0.522. The van der Waals surface area contributed by atoms with Gasteiger partial charge < -0.3 is 16.0 Å². The van der Waals surface area contributed by atoms with Crippen molar-refractivity contribution in [2.45, 2.75) is 0 Å². The fourth-order valence-electron chi connectivity index (χ4n) is 2.99. The van der Waals surface area contributed by atoms with Gasteiger partial charge >= 0.3 is 6.03 Å². The highest BCUT2D eigenvalue weighted by Gasteiger charge is 2.19. The van der Waals surface area contributed by atoms with Crippen LogP contribution >= 0.6 is 0 Å². The zero-order valence-corrected chi connectivity index (χ0v) is 17.0. The molecule has 0 bridgehead atoms. The maximum Gasteiger partial charge on any atom is 0.323 e. The van der Waals surface area contributed by atoms with Gasteiger partial charge in [0.25, 0.3) is 11.6 Å². The van der Waals surface area contributed by atoms with Gasteiger partial charge in [-0.05, 0) is 48.5 Å². The minimum atomic E-state index is -0.589. The van der Waals surface area contributed by atoms with Gasteiger partial charge in [-0.2, -0.15) is 5.10 Å². The molecule has 11 heteroatoms. The van der Waals surface area contributed by atoms with Crippen LogP contribution in [0.15, 0.2) is 85.5 Å². The first-order chi connectivity index (χ1) is 16.0. The minimum absolute atomic E-state index is 0.106. The zero-order chi connectivity index (χ0) is 23.2. The predicted molar refractivity (Wildman–Crippen MR) is 121 cm³/mol. The van der Waals surface area contributed by atoms with Gasteiger partial charge in [-0.1, -0.05) is 18.2 Å². The van der Waals surface area contributed by atoms with E-state index in [1.807, 2.05) is 18.2 Å². The van der Waals surface area contributed by atoms with Crippen molar-refractivity contribution in [1.82, 2.24) is 14.8 Å². The summed E-state index contributed by atoms with van der Waals surface area (Å²) in [6.07, 6.45) is 2.59. The molecule has 0 radical (unpaired) electrons. The maximum absolute atomic E-state index is 12.6. The number of nitrogens with one attached hydrogen (secondary N) is 3. The van der Waals surface area contributed by atoms with Crippen molar-refractivity contribution in [3.63, 3.8) is 0 Å². The number of rotatable bonds is 6. The molecule has 0 saturated carbocycles. The van der Waals surface area contributed by atoms with Crippen LogP contribution in [0.5, 0.6) is 0 Å². The van der Waals surface area contributed by atoms with Crippen LogP contribution in [0.1, 0.15) is 10.4 Å². The van der Waals surface area contributed by atoms with E-state index < -0.39 is 16.9 Å². The molecule has 11 nitrogen and oxygen atoms in total. The van der Waals surface area contributed by atoms with Crippen LogP contribution in [0.3, 0.4) is 0 Å². The normalized spacial score (nSPS) is 10.3. The van der Waals surface area contributed by atoms with E-state index in [4.69, 9.17) is 0 Å². The summed E-state index contributed by atoms with van der Waals surface area (Å²) in [5, 5.41) is 23.4. The molecule has 3 amide bonds. The summed E-state index contributed by atoms with van der Waals surface area (Å²) >= 11 is 0. The third kappa shape index (κ3) is 5.17. The number of nitrogens with zero attached hydrogens (tertiary/aromatic N) is 4. The number of carbonyl (C=O) groups excluding carboxylic acids is 2. The lowest BCUT2D eigenvalue weighted by atomic mass is 10.1. The SMILES string of the molecule is O=C(Nc1ccccc1)Nc1ccc(NC(=O)c2ccc(-n3cncn3)c([N+](=O)[O-])c2)cc1. The molecule has 0 atom stereocenters. The Labute approximate surface area is 187 Å². The van der Waals surface area contributed by atoms with Crippen LogP contribution in [0.2, 0.25) is 0 Å². The molecule has 3 aromatic carbocycles. The highest BCUT2D eigenvalue weighted by molar-refractivity contribution is 6.05. The number of anilines is 3. The fraction of sp³-hybridized carbons (Fsp3) is 0. The van der Waals surface area contributed by atoms with Crippen LogP contribution in [0.25, 0.3) is 5.69 Å². The molecule has 1 aromatic heterocycles. The number of amides is 3. The molecule has 0 aliphatic carbocycles. The Bertz CT molecular complexity index is 1290. The van der Waals surface area contributed by atoms with Crippen LogP contribution in [-0.4, -0.2) is 31.6 Å². The van der Waals surface area contributed by atoms with E-state index in [0.717, 1.165) is 0 Å². The fourth-order valence-corrected chi connectivity index (χ4v) is 2.99. The number of urea groups is 1. The Morgan fingerprint density at radius 2 is 1.48 bits per heavy atom. The average Bonchev–Trinajstić information content (AvgIpc) is 3.35. The molecule has 0 aliphatic heterocycles. The van der Waals surface area contributed by atoms with Crippen molar-refractivity contribution in [2.24, 2.45) is 0 Å². The topological polar surface area (TPSA) is 144 Å². The smallest absolute Gasteiger partial charge is 0.322 e. The monoisotopic (exact) mass is 443 g/mol. The third-order valence-corrected chi connectivity index (χ3v) is 4.53. The first kappa shape index (κ1) is 21.2. The van der Waals surface area contributed by atoms with Gasteiger partial charge in [-0.25, -0.2) is 14.5 Å². The number of hydrogen-bond donors (Lipinski definition) is 3. The lowest BCUT2D eigenvalue weighted by Gasteiger charge is -2.10. The van der Waals surface area contributed by atoms with E-state index in [0.29, 0.717) is 17.1 Å². The summed E-state index contributed by atoms with van der Waals surface area (Å²) < 4.78 is 1.25. The minimum Gasteiger partial charge on any atom is -0.322 e. The van der Waals surface area contributed by atoms with Gasteiger partial charge in [0.15, 0.2) is 0 Å². The van der Waals surface area contributed by atoms with E-state index in [1.165, 1.54) is 35.5 Å². The van der Waals surface area contributed by atoms with Crippen LogP contribution in [0, 0.1) is 10.1 Å². The van der Waals surface area contributed by atoms with Crippen molar-refractivity contribution < 1.29 is 14.5 Å². The van der Waals surface area contributed by atoms with E-state index in [2.05, 4.69) is 26.0 Å². The Morgan fingerprint density at radius 3 is 2.09 bits per heavy atom. The Kier molecular flexibility index (Phi) is 6.03. The average molecular weight is 443 g/mol. The molecule has 0 unspecified atom stereocenters. The highest BCUT2D eigenvalue weighted by atomic mass is 16.6. The highest BCUT2D eigenvalue weighted by Crippen LogP contribution is 2.24. The van der Waals surface area contributed by atoms with Crippen molar-refractivity contribution >= 4 is 34.7 Å². The molecule has 164 valence electrons. The quantitative estimate of drug-likeness (QED) is 0.303. The van der Waals surface area contributed by atoms with E-state index in [9.17, 15) is 19.7 Å². The Hall–Kier alpha value is -5.06. The first-order valence-electron chi connectivity index (χ1n) is 9.67. The van der Waals surface area contributed by atoms with Gasteiger partial charge in [-0.3, -0.25) is 14.9 Å². The van der Waals surface area contributed by atoms with Gasteiger partial charge in [0.1, 0.15) is 18.3 Å². The van der Waals surface area contributed by atoms with Crippen LogP contribution in [-0.2, 0) is 0 Å². The molecule has 0 spiro atoms. The second kappa shape index (κ2) is 9.39. The Balaban J connectivity index is 1.42. The molecule has 0 fully saturated rings. The molecular weight excluding hydrogens is 426 g/mol. The molecule has 0 aliphatic rings. The predicted octanol–water partition coefficient (Wildman–Crippen LogP) is 4.07. The lowest BCUT2D eigenvalue weighted by molar-refractivity contribution is -0.384. The largest absolute Gasteiger partial charge is 0.323 e. The summed E-state index contributed by atoms with van der Waals surface area (Å²) in [5.41, 5.74) is 1.65. The van der Waals surface area contributed by atoms with E-state index >= 15 is 0 Å². The number of carbonyl (C=O) groups is 2. The first-order valence-corrected chi connectivity index (χ1v) is 9.67. The molecule has 0 saturated heterocycles. The van der Waals surface area contributed by atoms with E-state index in [1.54, 1.807) is 36.4 Å². The standard InChI is InChI=1S/C22H17N7O4/c30-21(15-6-11-19(20(12-15)29(32)33)28-14-23-13-24-28)25-17-7-9-18(10-8-17)27-22(31)26-16-4-2-1-3-5-16/h1-14H,(H,25,30)(H2,26,27,31). The van der Waals surface area contributed by atoms with Crippen molar-refractivity contribution in [3.05, 3.63) is 101 Å². The maximum atomic E-state index is 12.6. The molecule has 1 heterocycles. The van der Waals surface area contributed by atoms with E-state index in [-0.39, 0.29) is 16.9 Å². The van der Waals surface area contributed by atoms with Crippen LogP contribution < -0.4 is 16.0 Å². The van der Waals surface area contributed by atoms with Gasteiger partial charge in [-0.15, -0.1) is 0 Å². The molecule has 3 N–H and O–H groups in total. The summed E-state index contributed by atoms with van der Waals surface area (Å²) in [6, 6.07) is 19.1. The second-order valence-corrected chi connectivity index (χ2v) is 6.78. The number of aromatic nitrogens is 3. The van der Waals surface area contributed by atoms with Crippen molar-refractivity contribution in [1.29, 1.82) is 0 Å². The number of benzene rings is 3. The van der Waals surface area contributed by atoms with Gasteiger partial charge in [0, 0.05) is 28.7 Å². The summed E-state index contributed by atoms with van der Waals surface area (Å²) in [4.78, 5) is 39.3. The number of nitro benzene ring substituents is 1. The zero-order valence-electron chi connectivity index (χ0n) is 17.0. The van der Waals surface area contributed by atoms with Crippen LogP contribution in [0.4, 0.5) is 27.5 Å². The number of hydrogen-bond acceptors (Lipinski definition) is 6. The van der Waals surface area contributed by atoms with Crippen molar-refractivity contribution in [3.8, 4) is 5.69 Å². The third-order valence-electron chi connectivity index (χ3n) is 4.53. The van der Waals surface area contributed by atoms with Gasteiger partial charge in [0.05, 0.1) is 4.92 Å². The molecular formula is C22H17N7O4. The molecule has 4 aromatic rings. The number of nitro groups is 1. The van der Waals surface area contributed by atoms with Gasteiger partial charge in [0.2, 0.25) is 0 Å². The molecule has 33 heavy (non-hydrogen) atoms. The second-order valence-electron chi connectivity index (χ2n) is 6.78. The lowest BCUT2D eigenvalue weighted by Crippen LogP contribution is -2.19. The number of para-hydroxylation sites is 1. The summed E-state index contributed by atoms with van der Waals surface area (Å²) in [7, 11) is 0. The molecule has 4 rings (SSSR count). The van der Waals surface area contributed by atoms with Crippen molar-refractivity contribution in [2.75, 3.05) is 16.0 Å². The summed E-state index contributed by atoms with van der Waals surface area (Å²) in [6.45, 7) is 0.